The number of carbonyl (C=O) groups is 3. The number of esters is 1. The number of Topliss-reactive ketones (excluding diaryl/α,β-unsaturated/α-hetero) is 1. The second kappa shape index (κ2) is 11.9. The first-order valence-electron chi connectivity index (χ1n) is 11.7. The smallest absolute Gasteiger partial charge is 0.343 e. The minimum Gasteiger partial charge on any atom is -0.466 e. The molecule has 0 spiro atoms. The minimum atomic E-state index is -1.08. The quantitative estimate of drug-likeness (QED) is 0.175. The lowest BCUT2D eigenvalue weighted by Crippen LogP contribution is -2.25. The van der Waals surface area contributed by atoms with Crippen molar-refractivity contribution in [1.82, 2.24) is 14.5 Å². The fraction of sp³-hybridized carbons (Fsp3) is 0.222. The number of aromatic nitrogens is 3. The Balaban J connectivity index is 1.96. The maximum Gasteiger partial charge on any atom is 0.343 e. The fourth-order valence-corrected chi connectivity index (χ4v) is 4.83. The highest BCUT2D eigenvalue weighted by molar-refractivity contribution is 7.99. The van der Waals surface area contributed by atoms with Crippen LogP contribution in [0.4, 0.5) is 4.39 Å². The van der Waals surface area contributed by atoms with Crippen LogP contribution in [0.15, 0.2) is 64.6 Å². The number of hydrogen-bond acceptors (Lipinski definition) is 8. The van der Waals surface area contributed by atoms with Crippen LogP contribution in [-0.2, 0) is 38.5 Å². The number of benzene rings is 2. The van der Waals surface area contributed by atoms with Gasteiger partial charge in [-0.25, -0.2) is 14.2 Å². The van der Waals surface area contributed by atoms with E-state index in [1.54, 1.807) is 12.1 Å². The zero-order valence-corrected chi connectivity index (χ0v) is 21.6. The Morgan fingerprint density at radius 3 is 2.50 bits per heavy atom. The summed E-state index contributed by atoms with van der Waals surface area (Å²) >= 11 is 1.28. The lowest BCUT2D eigenvalue weighted by atomic mass is 10.0. The van der Waals surface area contributed by atoms with Crippen molar-refractivity contribution < 1.29 is 28.2 Å². The second-order valence-corrected chi connectivity index (χ2v) is 9.29. The monoisotopic (exact) mass is 536 g/mol. The number of primary amides is 1. The highest BCUT2D eigenvalue weighted by Gasteiger charge is 2.26. The molecular weight excluding hydrogens is 511 g/mol. The van der Waals surface area contributed by atoms with Gasteiger partial charge < -0.3 is 19.8 Å². The molecule has 2 heterocycles. The van der Waals surface area contributed by atoms with Gasteiger partial charge in [-0.2, -0.15) is 4.98 Å². The van der Waals surface area contributed by atoms with Crippen LogP contribution in [-0.4, -0.2) is 45.9 Å². The minimum absolute atomic E-state index is 0.0544. The summed E-state index contributed by atoms with van der Waals surface area (Å²) in [5.74, 6) is -2.84. The Kier molecular flexibility index (Phi) is 8.37. The topological polar surface area (TPSA) is 126 Å². The molecule has 0 aliphatic carbocycles. The van der Waals surface area contributed by atoms with E-state index in [-0.39, 0.29) is 18.8 Å². The van der Waals surface area contributed by atoms with Crippen LogP contribution < -0.4 is 10.5 Å². The molecule has 0 radical (unpaired) electrons. The highest BCUT2D eigenvalue weighted by Crippen LogP contribution is 2.36. The predicted octanol–water partition coefficient (Wildman–Crippen LogP) is 3.48. The number of ether oxygens (including phenoxy) is 2. The molecule has 0 atom stereocenters. The summed E-state index contributed by atoms with van der Waals surface area (Å²) in [7, 11) is 1.24. The Labute approximate surface area is 222 Å². The van der Waals surface area contributed by atoms with Crippen molar-refractivity contribution in [3.8, 4) is 5.88 Å². The van der Waals surface area contributed by atoms with Crippen LogP contribution >= 0.6 is 11.8 Å². The number of halogens is 1. The Bertz CT molecular complexity index is 1510. The van der Waals surface area contributed by atoms with E-state index in [1.807, 2.05) is 41.8 Å². The van der Waals surface area contributed by atoms with Crippen molar-refractivity contribution in [2.24, 2.45) is 5.73 Å². The van der Waals surface area contributed by atoms with Crippen molar-refractivity contribution >= 4 is 40.5 Å². The number of rotatable bonds is 11. The van der Waals surface area contributed by atoms with Gasteiger partial charge in [0.1, 0.15) is 11.5 Å². The van der Waals surface area contributed by atoms with Gasteiger partial charge in [0.2, 0.25) is 11.7 Å². The molecule has 9 nitrogen and oxygen atoms in total. The molecule has 0 fully saturated rings. The molecule has 2 N–H and O–H groups in total. The summed E-state index contributed by atoms with van der Waals surface area (Å²) in [6.45, 7) is 1.68. The molecule has 0 bridgehead atoms. The number of nitrogens with zero attached hydrogens (tertiary/aromatic N) is 3. The van der Waals surface area contributed by atoms with E-state index in [0.29, 0.717) is 39.4 Å². The van der Waals surface area contributed by atoms with Crippen molar-refractivity contribution in [2.75, 3.05) is 13.7 Å². The summed E-state index contributed by atoms with van der Waals surface area (Å²) in [6.07, 6.45) is 0.138. The summed E-state index contributed by atoms with van der Waals surface area (Å²) < 4.78 is 26.3. The lowest BCUT2D eigenvalue weighted by molar-refractivity contribution is -0.143. The maximum absolute atomic E-state index is 14.0. The zero-order chi connectivity index (χ0) is 27.2. The Morgan fingerprint density at radius 1 is 1.08 bits per heavy atom. The second-order valence-electron chi connectivity index (χ2n) is 8.25. The molecule has 0 saturated carbocycles. The van der Waals surface area contributed by atoms with Crippen LogP contribution in [0.5, 0.6) is 5.88 Å². The van der Waals surface area contributed by atoms with Crippen molar-refractivity contribution in [3.05, 3.63) is 77.2 Å². The van der Waals surface area contributed by atoms with E-state index in [1.165, 1.54) is 31.0 Å². The van der Waals surface area contributed by atoms with Gasteiger partial charge in [0.25, 0.3) is 5.91 Å². The lowest BCUT2D eigenvalue weighted by Gasteiger charge is -2.11. The fourth-order valence-electron chi connectivity index (χ4n) is 4.07. The van der Waals surface area contributed by atoms with Crippen LogP contribution in [0.1, 0.15) is 23.7 Å². The predicted molar refractivity (Wildman–Crippen MR) is 138 cm³/mol. The first kappa shape index (κ1) is 26.8. The molecule has 196 valence electrons. The van der Waals surface area contributed by atoms with Crippen LogP contribution in [0, 0.1) is 5.82 Å². The van der Waals surface area contributed by atoms with Crippen LogP contribution in [0.25, 0.3) is 11.0 Å². The summed E-state index contributed by atoms with van der Waals surface area (Å²) in [4.78, 5) is 46.2. The molecule has 0 aliphatic rings. The first-order valence-corrected chi connectivity index (χ1v) is 12.5. The van der Waals surface area contributed by atoms with Gasteiger partial charge >= 0.3 is 5.97 Å². The maximum atomic E-state index is 14.0. The van der Waals surface area contributed by atoms with Crippen molar-refractivity contribution in [3.63, 3.8) is 0 Å². The number of amides is 1. The molecular formula is C27H25FN4O5S. The van der Waals surface area contributed by atoms with E-state index in [9.17, 15) is 18.8 Å². The first-order chi connectivity index (χ1) is 18.3. The molecule has 38 heavy (non-hydrogen) atoms. The summed E-state index contributed by atoms with van der Waals surface area (Å²) in [5.41, 5.74) is 7.48. The van der Waals surface area contributed by atoms with E-state index in [0.717, 1.165) is 4.90 Å². The molecule has 4 rings (SSSR count). The number of hydrogen-bond donors (Lipinski definition) is 1. The average Bonchev–Trinajstić information content (AvgIpc) is 3.19. The van der Waals surface area contributed by atoms with Crippen LogP contribution in [0.2, 0.25) is 0 Å². The SMILES string of the molecule is CCc1c(CC(=O)C(N)=O)c2c(OCC(=O)OC)nc(Sc3ccccc3)nc2n1Cc1cccc(F)c1. The number of methoxy groups -OCH3 is 1. The van der Waals surface area contributed by atoms with Gasteiger partial charge in [-0.05, 0) is 53.6 Å². The largest absolute Gasteiger partial charge is 0.466 e. The van der Waals surface area contributed by atoms with E-state index in [4.69, 9.17) is 20.2 Å². The molecule has 0 saturated heterocycles. The van der Waals surface area contributed by atoms with Gasteiger partial charge in [0.15, 0.2) is 11.8 Å². The highest BCUT2D eigenvalue weighted by atomic mass is 32.2. The molecule has 2 aromatic carbocycles. The summed E-state index contributed by atoms with van der Waals surface area (Å²) in [5, 5.41) is 0.700. The van der Waals surface area contributed by atoms with Crippen molar-refractivity contribution in [2.45, 2.75) is 36.4 Å². The number of ketones is 1. The standard InChI is InChI=1S/C27H25FN4O5S/c1-3-20-19(13-21(33)24(29)35)23-25(32(20)14-16-8-7-9-17(28)12-16)30-27(38-18-10-5-4-6-11-18)31-26(23)37-15-22(34)36-2/h4-12H,3,13-15H2,1-2H3,(H2,29,35). The molecule has 11 heteroatoms. The van der Waals surface area contributed by atoms with E-state index < -0.39 is 30.1 Å². The number of fused-ring (bicyclic) bond motifs is 1. The molecule has 0 aliphatic heterocycles. The van der Waals surface area contributed by atoms with Gasteiger partial charge in [-0.3, -0.25) is 9.59 Å². The third-order valence-electron chi connectivity index (χ3n) is 5.75. The molecule has 0 unspecified atom stereocenters. The van der Waals surface area contributed by atoms with Gasteiger partial charge in [-0.1, -0.05) is 37.3 Å². The molecule has 1 amide bonds. The van der Waals surface area contributed by atoms with Gasteiger partial charge in [0, 0.05) is 23.6 Å². The number of carbonyl (C=O) groups excluding carboxylic acids is 3. The molecule has 2 aromatic heterocycles. The number of nitrogens with two attached hydrogens (primary N) is 1. The molecule has 4 aromatic rings. The Morgan fingerprint density at radius 2 is 1.84 bits per heavy atom. The van der Waals surface area contributed by atoms with Crippen molar-refractivity contribution in [1.29, 1.82) is 0 Å². The average molecular weight is 537 g/mol. The van der Waals surface area contributed by atoms with Gasteiger partial charge in [0.05, 0.1) is 12.5 Å². The van der Waals surface area contributed by atoms with Gasteiger partial charge in [-0.15, -0.1) is 0 Å². The van der Waals surface area contributed by atoms with E-state index in [2.05, 4.69) is 4.98 Å². The third-order valence-corrected chi connectivity index (χ3v) is 6.62. The Hall–Kier alpha value is -4.25. The van der Waals surface area contributed by atoms with E-state index >= 15 is 0 Å². The third kappa shape index (κ3) is 6.00. The normalized spacial score (nSPS) is 10.9. The van der Waals surface area contributed by atoms with Crippen LogP contribution in [0.3, 0.4) is 0 Å². The summed E-state index contributed by atoms with van der Waals surface area (Å²) in [6, 6.07) is 15.6. The zero-order valence-electron chi connectivity index (χ0n) is 20.8.